The molecule has 0 saturated heterocycles. The van der Waals surface area contributed by atoms with Crippen molar-refractivity contribution in [1.82, 2.24) is 0 Å². The molecule has 0 aliphatic carbocycles. The molecule has 0 aliphatic heterocycles. The Balaban J connectivity index is 2.36. The van der Waals surface area contributed by atoms with Crippen LogP contribution >= 0.6 is 23.2 Å². The Morgan fingerprint density at radius 1 is 1.04 bits per heavy atom. The lowest BCUT2D eigenvalue weighted by atomic mass is 9.97. The first kappa shape index (κ1) is 17.6. The van der Waals surface area contributed by atoms with Crippen molar-refractivity contribution in [2.75, 3.05) is 0 Å². The second kappa shape index (κ2) is 7.24. The lowest BCUT2D eigenvalue weighted by Crippen LogP contribution is -2.06. The van der Waals surface area contributed by atoms with Crippen LogP contribution in [0.1, 0.15) is 22.6 Å². The first-order valence-electron chi connectivity index (χ1n) is 6.75. The Morgan fingerprint density at radius 3 is 2.35 bits per heavy atom. The van der Waals surface area contributed by atoms with Crippen LogP contribution in [-0.4, -0.2) is 0 Å². The number of halogens is 5. The van der Waals surface area contributed by atoms with Crippen molar-refractivity contribution in [2.24, 2.45) is 0 Å². The third-order valence-electron chi connectivity index (χ3n) is 3.32. The minimum Gasteiger partial charge on any atom is -0.166 e. The maximum absolute atomic E-state index is 13.0. The van der Waals surface area contributed by atoms with Gasteiger partial charge in [-0.25, -0.2) is 0 Å². The van der Waals surface area contributed by atoms with Crippen molar-refractivity contribution in [1.29, 1.82) is 0 Å². The summed E-state index contributed by atoms with van der Waals surface area (Å²) in [4.78, 5) is 0. The summed E-state index contributed by atoms with van der Waals surface area (Å²) in [6.07, 6.45) is 0.275. The van der Waals surface area contributed by atoms with Gasteiger partial charge in [-0.2, -0.15) is 13.2 Å². The number of alkyl halides is 3. The molecule has 0 fully saturated rings. The Bertz CT molecular complexity index is 733. The predicted octanol–water partition coefficient (Wildman–Crippen LogP) is 7.00. The number of hydrogen-bond donors (Lipinski definition) is 0. The topological polar surface area (TPSA) is 0 Å². The molecular formula is C18H13Cl2F3. The first-order chi connectivity index (χ1) is 10.8. The van der Waals surface area contributed by atoms with Gasteiger partial charge in [0.05, 0.1) is 5.56 Å². The van der Waals surface area contributed by atoms with Gasteiger partial charge >= 0.3 is 6.18 Å². The van der Waals surface area contributed by atoms with Crippen molar-refractivity contribution in [3.8, 4) is 0 Å². The molecule has 0 saturated carbocycles. The molecule has 0 spiro atoms. The van der Waals surface area contributed by atoms with Gasteiger partial charge in [0, 0.05) is 16.0 Å². The van der Waals surface area contributed by atoms with Gasteiger partial charge in [-0.3, -0.25) is 0 Å². The van der Waals surface area contributed by atoms with Gasteiger partial charge < -0.3 is 0 Å². The Morgan fingerprint density at radius 2 is 1.74 bits per heavy atom. The highest BCUT2D eigenvalue weighted by Crippen LogP contribution is 2.34. The summed E-state index contributed by atoms with van der Waals surface area (Å²) >= 11 is 12.0. The molecule has 0 heterocycles. The molecule has 0 amide bonds. The Kier molecular flexibility index (Phi) is 5.55. The summed E-state index contributed by atoms with van der Waals surface area (Å²) in [6, 6.07) is 10.4. The van der Waals surface area contributed by atoms with Gasteiger partial charge in [-0.15, -0.1) is 6.58 Å². The third kappa shape index (κ3) is 4.40. The standard InChI is InChI=1S/C18H13Cl2F3/c1-2-12(15-10-9-14(19)11-17(15)20)7-8-13-5-3-4-6-16(13)18(21,22)23/h2-12H,1H2/b8-7+. The summed E-state index contributed by atoms with van der Waals surface area (Å²) in [5.74, 6) is -0.318. The highest BCUT2D eigenvalue weighted by Gasteiger charge is 2.32. The van der Waals surface area contributed by atoms with Crippen LogP contribution in [0.5, 0.6) is 0 Å². The average molecular weight is 357 g/mol. The normalized spacial score (nSPS) is 13.3. The van der Waals surface area contributed by atoms with Gasteiger partial charge in [-0.1, -0.05) is 65.7 Å². The highest BCUT2D eigenvalue weighted by molar-refractivity contribution is 6.35. The molecule has 2 aromatic rings. The lowest BCUT2D eigenvalue weighted by molar-refractivity contribution is -0.137. The van der Waals surface area contributed by atoms with Gasteiger partial charge in [0.25, 0.3) is 0 Å². The Hall–Kier alpha value is -1.71. The molecule has 23 heavy (non-hydrogen) atoms. The van der Waals surface area contributed by atoms with Crippen LogP contribution < -0.4 is 0 Å². The van der Waals surface area contributed by atoms with Crippen LogP contribution in [0.2, 0.25) is 10.0 Å². The largest absolute Gasteiger partial charge is 0.416 e. The van der Waals surface area contributed by atoms with E-state index in [2.05, 4.69) is 6.58 Å². The van der Waals surface area contributed by atoms with Gasteiger partial charge in [0.2, 0.25) is 0 Å². The van der Waals surface area contributed by atoms with E-state index in [1.807, 2.05) is 0 Å². The van der Waals surface area contributed by atoms with Crippen LogP contribution in [0, 0.1) is 0 Å². The van der Waals surface area contributed by atoms with Crippen molar-refractivity contribution in [2.45, 2.75) is 12.1 Å². The Labute approximate surface area is 142 Å². The van der Waals surface area contributed by atoms with Crippen molar-refractivity contribution >= 4 is 29.3 Å². The highest BCUT2D eigenvalue weighted by atomic mass is 35.5. The van der Waals surface area contributed by atoms with E-state index >= 15 is 0 Å². The molecule has 1 atom stereocenters. The molecule has 0 bridgehead atoms. The van der Waals surface area contributed by atoms with E-state index in [9.17, 15) is 13.2 Å². The van der Waals surface area contributed by atoms with E-state index in [4.69, 9.17) is 23.2 Å². The molecule has 5 heteroatoms. The summed E-state index contributed by atoms with van der Waals surface area (Å²) in [7, 11) is 0. The van der Waals surface area contributed by atoms with Crippen molar-refractivity contribution < 1.29 is 13.2 Å². The quantitative estimate of drug-likeness (QED) is 0.517. The zero-order valence-corrected chi connectivity index (χ0v) is 13.5. The van der Waals surface area contributed by atoms with Crippen molar-refractivity contribution in [3.63, 3.8) is 0 Å². The van der Waals surface area contributed by atoms with Crippen LogP contribution in [0.15, 0.2) is 61.2 Å². The van der Waals surface area contributed by atoms with Crippen LogP contribution in [0.4, 0.5) is 13.2 Å². The first-order valence-corrected chi connectivity index (χ1v) is 7.50. The zero-order chi connectivity index (χ0) is 17.0. The maximum atomic E-state index is 13.0. The number of benzene rings is 2. The molecule has 2 aromatic carbocycles. The summed E-state index contributed by atoms with van der Waals surface area (Å²) in [5, 5.41) is 0.934. The summed E-state index contributed by atoms with van der Waals surface area (Å²) < 4.78 is 39.0. The fourth-order valence-electron chi connectivity index (χ4n) is 2.19. The molecule has 0 N–H and O–H groups in total. The van der Waals surface area contributed by atoms with E-state index in [1.165, 1.54) is 18.2 Å². The molecule has 120 valence electrons. The van der Waals surface area contributed by atoms with E-state index in [0.717, 1.165) is 11.6 Å². The fraction of sp³-hybridized carbons (Fsp3) is 0.111. The minimum absolute atomic E-state index is 0.0944. The SMILES string of the molecule is C=CC(/C=C/c1ccccc1C(F)(F)F)c1ccc(Cl)cc1Cl. The molecule has 0 aromatic heterocycles. The smallest absolute Gasteiger partial charge is 0.166 e. The molecule has 0 nitrogen and oxygen atoms in total. The zero-order valence-electron chi connectivity index (χ0n) is 11.9. The second-order valence-corrected chi connectivity index (χ2v) is 5.72. The predicted molar refractivity (Wildman–Crippen MR) is 89.9 cm³/mol. The third-order valence-corrected chi connectivity index (χ3v) is 3.89. The van der Waals surface area contributed by atoms with Gasteiger partial charge in [-0.05, 0) is 29.3 Å². The number of rotatable bonds is 4. The number of allylic oxidation sites excluding steroid dienone is 2. The molecule has 1 unspecified atom stereocenters. The van der Waals surface area contributed by atoms with Gasteiger partial charge in [0.15, 0.2) is 0 Å². The maximum Gasteiger partial charge on any atom is 0.416 e. The van der Waals surface area contributed by atoms with Crippen molar-refractivity contribution in [3.05, 3.63) is 87.9 Å². The van der Waals surface area contributed by atoms with E-state index in [0.29, 0.717) is 10.0 Å². The van der Waals surface area contributed by atoms with Gasteiger partial charge in [0.1, 0.15) is 0 Å². The number of hydrogen-bond acceptors (Lipinski definition) is 0. The van der Waals surface area contributed by atoms with E-state index in [1.54, 1.807) is 36.4 Å². The lowest BCUT2D eigenvalue weighted by Gasteiger charge is -2.12. The average Bonchev–Trinajstić information content (AvgIpc) is 2.49. The van der Waals surface area contributed by atoms with E-state index in [-0.39, 0.29) is 11.5 Å². The van der Waals surface area contributed by atoms with Crippen LogP contribution in [0.3, 0.4) is 0 Å². The monoisotopic (exact) mass is 356 g/mol. The van der Waals surface area contributed by atoms with Crippen LogP contribution in [0.25, 0.3) is 6.08 Å². The molecule has 0 radical (unpaired) electrons. The molecule has 0 aliphatic rings. The minimum atomic E-state index is -4.40. The van der Waals surface area contributed by atoms with E-state index < -0.39 is 11.7 Å². The summed E-state index contributed by atoms with van der Waals surface area (Å²) in [6.45, 7) is 3.72. The van der Waals surface area contributed by atoms with Crippen LogP contribution in [-0.2, 0) is 6.18 Å². The molecular weight excluding hydrogens is 344 g/mol. The molecule has 2 rings (SSSR count). The second-order valence-electron chi connectivity index (χ2n) is 4.87. The summed E-state index contributed by atoms with van der Waals surface area (Å²) in [5.41, 5.74) is 0.144. The fourth-order valence-corrected chi connectivity index (χ4v) is 2.72.